The Morgan fingerprint density at radius 2 is 2.20 bits per heavy atom. The Morgan fingerprint density at radius 3 is 2.85 bits per heavy atom. The number of hydrogen-bond acceptors (Lipinski definition) is 4. The number of hydrogen-bond donors (Lipinski definition) is 1. The van der Waals surface area contributed by atoms with Crippen molar-refractivity contribution in [3.05, 3.63) is 40.7 Å². The second-order valence-corrected chi connectivity index (χ2v) is 4.68. The zero-order valence-corrected chi connectivity index (χ0v) is 11.5. The average Bonchev–Trinajstić information content (AvgIpc) is 2.81. The number of carbonyl (C=O) groups excluding carboxylic acids is 1. The van der Waals surface area contributed by atoms with Crippen LogP contribution in [0.5, 0.6) is 5.75 Å². The topological polar surface area (TPSA) is 55.8 Å². The predicted octanol–water partition coefficient (Wildman–Crippen LogP) is 2.00. The molecule has 1 aliphatic rings. The van der Waals surface area contributed by atoms with E-state index in [9.17, 15) is 14.3 Å². The normalized spacial score (nSPS) is 18.3. The Bertz CT molecular complexity index is 551. The first-order valence-corrected chi connectivity index (χ1v) is 6.37. The smallest absolute Gasteiger partial charge is 0.333 e. The minimum absolute atomic E-state index is 0.342. The van der Waals surface area contributed by atoms with Crippen molar-refractivity contribution in [2.24, 2.45) is 0 Å². The molecule has 1 aromatic carbocycles. The van der Waals surface area contributed by atoms with Crippen molar-refractivity contribution in [1.29, 1.82) is 0 Å². The van der Waals surface area contributed by atoms with Gasteiger partial charge in [0.05, 0.1) is 20.3 Å². The molecule has 0 aromatic heterocycles. The number of methoxy groups -OCH3 is 2. The van der Waals surface area contributed by atoms with Gasteiger partial charge in [-0.25, -0.2) is 9.18 Å². The molecule has 0 saturated heterocycles. The summed E-state index contributed by atoms with van der Waals surface area (Å²) in [5.41, 5.74) is 1.86. The minimum Gasteiger partial charge on any atom is -0.496 e. The van der Waals surface area contributed by atoms with E-state index in [1.54, 1.807) is 6.07 Å². The third kappa shape index (κ3) is 2.82. The summed E-state index contributed by atoms with van der Waals surface area (Å²) in [4.78, 5) is 11.7. The number of carbonyl (C=O) groups is 1. The van der Waals surface area contributed by atoms with Crippen molar-refractivity contribution in [3.63, 3.8) is 0 Å². The first-order valence-electron chi connectivity index (χ1n) is 6.37. The lowest BCUT2D eigenvalue weighted by molar-refractivity contribution is -0.136. The van der Waals surface area contributed by atoms with E-state index in [-0.39, 0.29) is 5.82 Å². The molecule has 0 amide bonds. The van der Waals surface area contributed by atoms with E-state index in [0.29, 0.717) is 36.2 Å². The van der Waals surface area contributed by atoms with E-state index >= 15 is 0 Å². The highest BCUT2D eigenvalue weighted by molar-refractivity contribution is 5.90. The minimum atomic E-state index is -0.668. The summed E-state index contributed by atoms with van der Waals surface area (Å²) >= 11 is 0. The highest BCUT2D eigenvalue weighted by Gasteiger charge is 2.29. The summed E-state index contributed by atoms with van der Waals surface area (Å²) in [6.07, 6.45) is 0.671. The molecule has 1 N–H and O–H groups in total. The highest BCUT2D eigenvalue weighted by atomic mass is 19.1. The third-order valence-electron chi connectivity index (χ3n) is 3.52. The maximum absolute atomic E-state index is 13.2. The van der Waals surface area contributed by atoms with Crippen molar-refractivity contribution < 1.29 is 23.8 Å². The molecule has 0 radical (unpaired) electrons. The van der Waals surface area contributed by atoms with Crippen LogP contribution in [0.15, 0.2) is 29.3 Å². The van der Waals surface area contributed by atoms with Crippen LogP contribution in [0.1, 0.15) is 18.4 Å². The summed E-state index contributed by atoms with van der Waals surface area (Å²) < 4.78 is 23.0. The van der Waals surface area contributed by atoms with E-state index in [2.05, 4.69) is 0 Å². The molecule has 2 rings (SSSR count). The van der Waals surface area contributed by atoms with Crippen LogP contribution in [-0.2, 0) is 16.0 Å². The first kappa shape index (κ1) is 14.5. The van der Waals surface area contributed by atoms with Crippen molar-refractivity contribution >= 4 is 5.97 Å². The molecule has 0 spiro atoms. The molecule has 1 aliphatic carbocycles. The van der Waals surface area contributed by atoms with Crippen LogP contribution in [0.3, 0.4) is 0 Å². The number of esters is 1. The summed E-state index contributed by atoms with van der Waals surface area (Å²) in [5.74, 6) is -0.404. The molecule has 0 saturated carbocycles. The van der Waals surface area contributed by atoms with Gasteiger partial charge in [0.2, 0.25) is 0 Å². The number of rotatable bonds is 4. The van der Waals surface area contributed by atoms with E-state index in [4.69, 9.17) is 9.47 Å². The van der Waals surface area contributed by atoms with Crippen molar-refractivity contribution in [2.75, 3.05) is 14.2 Å². The van der Waals surface area contributed by atoms with Gasteiger partial charge >= 0.3 is 5.97 Å². The van der Waals surface area contributed by atoms with E-state index < -0.39 is 12.1 Å². The maximum atomic E-state index is 13.2. The van der Waals surface area contributed by atoms with Crippen LogP contribution in [0.2, 0.25) is 0 Å². The Labute approximate surface area is 116 Å². The van der Waals surface area contributed by atoms with E-state index in [1.807, 2.05) is 0 Å². The Balaban J connectivity index is 2.34. The van der Waals surface area contributed by atoms with Gasteiger partial charge in [0.1, 0.15) is 11.6 Å². The number of benzene rings is 1. The SMILES string of the molecule is COC(=O)C1=C(Cc2ccc(F)cc2OC)[C@@H](O)CC1. The van der Waals surface area contributed by atoms with Crippen molar-refractivity contribution in [1.82, 2.24) is 0 Å². The van der Waals surface area contributed by atoms with Crippen LogP contribution in [0.25, 0.3) is 0 Å². The van der Waals surface area contributed by atoms with Gasteiger partial charge < -0.3 is 14.6 Å². The van der Waals surface area contributed by atoms with Crippen molar-refractivity contribution in [2.45, 2.75) is 25.4 Å². The summed E-state index contributed by atoms with van der Waals surface area (Å²) in [6, 6.07) is 4.22. The largest absolute Gasteiger partial charge is 0.496 e. The van der Waals surface area contributed by atoms with Gasteiger partial charge in [-0.05, 0) is 30.0 Å². The van der Waals surface area contributed by atoms with Gasteiger partial charge in [-0.3, -0.25) is 0 Å². The second kappa shape index (κ2) is 6.05. The number of ether oxygens (including phenoxy) is 2. The molecule has 0 fully saturated rings. The highest BCUT2D eigenvalue weighted by Crippen LogP contribution is 2.32. The molecule has 0 aliphatic heterocycles. The van der Waals surface area contributed by atoms with Crippen LogP contribution < -0.4 is 4.74 Å². The molecule has 20 heavy (non-hydrogen) atoms. The Kier molecular flexibility index (Phi) is 4.39. The second-order valence-electron chi connectivity index (χ2n) is 4.68. The molecule has 1 aromatic rings. The van der Waals surface area contributed by atoms with Gasteiger partial charge in [-0.2, -0.15) is 0 Å². The number of aliphatic hydroxyl groups excluding tert-OH is 1. The number of aliphatic hydroxyl groups is 1. The maximum Gasteiger partial charge on any atom is 0.333 e. The summed E-state index contributed by atoms with van der Waals surface area (Å²) in [7, 11) is 2.77. The molecular weight excluding hydrogens is 263 g/mol. The first-order chi connectivity index (χ1) is 9.56. The molecule has 0 bridgehead atoms. The molecule has 108 valence electrons. The fraction of sp³-hybridized carbons (Fsp3) is 0.400. The third-order valence-corrected chi connectivity index (χ3v) is 3.52. The molecule has 0 heterocycles. The lowest BCUT2D eigenvalue weighted by atomic mass is 9.99. The predicted molar refractivity (Wildman–Crippen MR) is 70.9 cm³/mol. The van der Waals surface area contributed by atoms with Crippen LogP contribution >= 0.6 is 0 Å². The van der Waals surface area contributed by atoms with Gasteiger partial charge in [-0.15, -0.1) is 0 Å². The monoisotopic (exact) mass is 280 g/mol. The van der Waals surface area contributed by atoms with E-state index in [0.717, 1.165) is 5.56 Å². The fourth-order valence-corrected chi connectivity index (χ4v) is 2.47. The number of halogens is 1. The lowest BCUT2D eigenvalue weighted by Crippen LogP contribution is -2.11. The molecular formula is C15H17FO4. The zero-order valence-electron chi connectivity index (χ0n) is 11.5. The Hall–Kier alpha value is -1.88. The van der Waals surface area contributed by atoms with Gasteiger partial charge in [0.15, 0.2) is 0 Å². The van der Waals surface area contributed by atoms with Crippen LogP contribution in [0, 0.1) is 5.82 Å². The van der Waals surface area contributed by atoms with Crippen molar-refractivity contribution in [3.8, 4) is 5.75 Å². The lowest BCUT2D eigenvalue weighted by Gasteiger charge is -2.13. The standard InChI is InChI=1S/C15H17FO4/c1-19-14-8-10(16)4-3-9(14)7-12-11(15(18)20-2)5-6-13(12)17/h3-4,8,13,17H,5-7H2,1-2H3/t13-/m0/s1. The average molecular weight is 280 g/mol. The van der Waals surface area contributed by atoms with Crippen LogP contribution in [-0.4, -0.2) is 31.4 Å². The summed E-state index contributed by atoms with van der Waals surface area (Å²) in [6.45, 7) is 0. The quantitative estimate of drug-likeness (QED) is 0.857. The zero-order chi connectivity index (χ0) is 14.7. The summed E-state index contributed by atoms with van der Waals surface area (Å²) in [5, 5.41) is 10.0. The van der Waals surface area contributed by atoms with Gasteiger partial charge in [0.25, 0.3) is 0 Å². The Morgan fingerprint density at radius 1 is 1.45 bits per heavy atom. The van der Waals surface area contributed by atoms with Gasteiger partial charge in [0, 0.05) is 18.1 Å². The molecule has 0 unspecified atom stereocenters. The molecule has 1 atom stereocenters. The molecule has 4 nitrogen and oxygen atoms in total. The van der Waals surface area contributed by atoms with Crippen LogP contribution in [0.4, 0.5) is 4.39 Å². The molecule has 5 heteroatoms. The van der Waals surface area contributed by atoms with E-state index in [1.165, 1.54) is 26.4 Å². The van der Waals surface area contributed by atoms with Gasteiger partial charge in [-0.1, -0.05) is 6.07 Å². The fourth-order valence-electron chi connectivity index (χ4n) is 2.47.